The third-order valence-corrected chi connectivity index (χ3v) is 5.60. The smallest absolute Gasteiger partial charge is 0.311 e. The highest BCUT2D eigenvalue weighted by atomic mass is 35.5. The number of carbonyl (C=O) groups is 2. The quantitative estimate of drug-likeness (QED) is 0.145. The van der Waals surface area contributed by atoms with Crippen LogP contribution < -0.4 is 0 Å². The molecule has 2 aromatic carbocycles. The zero-order valence-electron chi connectivity index (χ0n) is 19.6. The summed E-state index contributed by atoms with van der Waals surface area (Å²) < 4.78 is 16.7. The van der Waals surface area contributed by atoms with Gasteiger partial charge >= 0.3 is 5.97 Å². The standard InChI is InChI=1S/C27H28ClNO5/c1-5-15-32-17-18-11-13-19(14-12-18)24(31)27(3,4)25-22(16-23(30)33-6-2)29-26(34-25)20-9-7-8-10-21(20)28/h5,7-14H,1,6,15-17H2,2-4H3. The number of hydrogen-bond acceptors (Lipinski definition) is 6. The van der Waals surface area contributed by atoms with Crippen LogP contribution in [0, 0.1) is 0 Å². The summed E-state index contributed by atoms with van der Waals surface area (Å²) in [7, 11) is 0. The Morgan fingerprint density at radius 2 is 1.85 bits per heavy atom. The van der Waals surface area contributed by atoms with E-state index in [9.17, 15) is 9.59 Å². The van der Waals surface area contributed by atoms with Gasteiger partial charge in [-0.1, -0.05) is 54.1 Å². The van der Waals surface area contributed by atoms with Crippen molar-refractivity contribution in [2.24, 2.45) is 0 Å². The Morgan fingerprint density at radius 3 is 2.50 bits per heavy atom. The minimum absolute atomic E-state index is 0.118. The molecular weight excluding hydrogens is 454 g/mol. The molecule has 0 aliphatic heterocycles. The first-order chi connectivity index (χ1) is 16.3. The van der Waals surface area contributed by atoms with E-state index in [1.807, 2.05) is 18.2 Å². The van der Waals surface area contributed by atoms with E-state index in [1.165, 1.54) is 0 Å². The molecule has 0 bridgehead atoms. The number of Topliss-reactive ketones (excluding diaryl/α,β-unsaturated/α-hetero) is 1. The number of carbonyl (C=O) groups excluding carboxylic acids is 2. The summed E-state index contributed by atoms with van der Waals surface area (Å²) in [5, 5.41) is 0.455. The van der Waals surface area contributed by atoms with E-state index in [-0.39, 0.29) is 24.7 Å². The largest absolute Gasteiger partial charge is 0.466 e. The van der Waals surface area contributed by atoms with Crippen molar-refractivity contribution in [3.8, 4) is 11.5 Å². The van der Waals surface area contributed by atoms with Crippen molar-refractivity contribution in [1.82, 2.24) is 4.98 Å². The summed E-state index contributed by atoms with van der Waals surface area (Å²) >= 11 is 6.33. The maximum atomic E-state index is 13.5. The highest BCUT2D eigenvalue weighted by Gasteiger charge is 2.38. The predicted octanol–water partition coefficient (Wildman–Crippen LogP) is 5.96. The molecule has 0 radical (unpaired) electrons. The lowest BCUT2D eigenvalue weighted by Crippen LogP contribution is -2.30. The molecule has 0 saturated carbocycles. The highest BCUT2D eigenvalue weighted by Crippen LogP contribution is 2.36. The maximum absolute atomic E-state index is 13.5. The summed E-state index contributed by atoms with van der Waals surface area (Å²) in [6.07, 6.45) is 1.57. The lowest BCUT2D eigenvalue weighted by Gasteiger charge is -2.22. The molecule has 0 aliphatic rings. The molecular formula is C27H28ClNO5. The molecule has 0 amide bonds. The number of esters is 1. The SMILES string of the molecule is C=CCOCc1ccc(C(=O)C(C)(C)c2oc(-c3ccccc3Cl)nc2CC(=O)OCC)cc1. The number of benzene rings is 2. The number of ketones is 1. The zero-order chi connectivity index (χ0) is 24.7. The average Bonchev–Trinajstić information content (AvgIpc) is 3.24. The molecule has 3 aromatic rings. The summed E-state index contributed by atoms with van der Waals surface area (Å²) in [6, 6.07) is 14.3. The highest BCUT2D eigenvalue weighted by molar-refractivity contribution is 6.33. The van der Waals surface area contributed by atoms with E-state index in [0.717, 1.165) is 5.56 Å². The van der Waals surface area contributed by atoms with Gasteiger partial charge in [0.05, 0.1) is 47.9 Å². The Balaban J connectivity index is 1.96. The minimum Gasteiger partial charge on any atom is -0.466 e. The molecule has 0 saturated heterocycles. The van der Waals surface area contributed by atoms with Crippen molar-refractivity contribution in [2.45, 2.75) is 39.2 Å². The summed E-state index contributed by atoms with van der Waals surface area (Å²) in [5.41, 5.74) is 1.28. The third kappa shape index (κ3) is 5.82. The van der Waals surface area contributed by atoms with Gasteiger partial charge in [-0.25, -0.2) is 4.98 Å². The van der Waals surface area contributed by atoms with Crippen LogP contribution in [0.25, 0.3) is 11.5 Å². The maximum Gasteiger partial charge on any atom is 0.311 e. The number of ether oxygens (including phenoxy) is 2. The van der Waals surface area contributed by atoms with Crippen LogP contribution in [0.15, 0.2) is 65.6 Å². The van der Waals surface area contributed by atoms with Gasteiger partial charge in [0.1, 0.15) is 5.76 Å². The molecule has 0 fully saturated rings. The van der Waals surface area contributed by atoms with Gasteiger partial charge in [-0.05, 0) is 38.5 Å². The van der Waals surface area contributed by atoms with Crippen LogP contribution in [-0.2, 0) is 32.7 Å². The molecule has 1 heterocycles. The lowest BCUT2D eigenvalue weighted by atomic mass is 9.80. The second-order valence-corrected chi connectivity index (χ2v) is 8.62. The minimum atomic E-state index is -1.10. The van der Waals surface area contributed by atoms with E-state index < -0.39 is 11.4 Å². The number of halogens is 1. The Hall–Kier alpha value is -3.22. The van der Waals surface area contributed by atoms with Gasteiger partial charge in [0.25, 0.3) is 0 Å². The number of nitrogens with zero attached hydrogens (tertiary/aromatic N) is 1. The van der Waals surface area contributed by atoms with Gasteiger partial charge in [0.2, 0.25) is 5.89 Å². The number of hydrogen-bond donors (Lipinski definition) is 0. The van der Waals surface area contributed by atoms with Gasteiger partial charge in [0, 0.05) is 5.56 Å². The van der Waals surface area contributed by atoms with Crippen LogP contribution in [0.2, 0.25) is 5.02 Å². The van der Waals surface area contributed by atoms with E-state index >= 15 is 0 Å². The van der Waals surface area contributed by atoms with Crippen LogP contribution in [0.5, 0.6) is 0 Å². The van der Waals surface area contributed by atoms with E-state index in [4.69, 9.17) is 25.5 Å². The van der Waals surface area contributed by atoms with Crippen molar-refractivity contribution in [3.05, 3.63) is 88.8 Å². The van der Waals surface area contributed by atoms with Crippen molar-refractivity contribution in [2.75, 3.05) is 13.2 Å². The van der Waals surface area contributed by atoms with Gasteiger partial charge in [-0.2, -0.15) is 0 Å². The fraction of sp³-hybridized carbons (Fsp3) is 0.296. The van der Waals surface area contributed by atoms with Crippen molar-refractivity contribution < 1.29 is 23.5 Å². The predicted molar refractivity (Wildman–Crippen MR) is 131 cm³/mol. The molecule has 178 valence electrons. The topological polar surface area (TPSA) is 78.6 Å². The molecule has 0 aliphatic carbocycles. The third-order valence-electron chi connectivity index (χ3n) is 5.27. The second-order valence-electron chi connectivity index (χ2n) is 8.21. The van der Waals surface area contributed by atoms with E-state index in [0.29, 0.717) is 40.8 Å². The van der Waals surface area contributed by atoms with Gasteiger partial charge in [0.15, 0.2) is 5.78 Å². The monoisotopic (exact) mass is 481 g/mol. The number of aromatic nitrogens is 1. The van der Waals surface area contributed by atoms with Crippen LogP contribution in [0.3, 0.4) is 0 Å². The molecule has 1 aromatic heterocycles. The molecule has 7 heteroatoms. The van der Waals surface area contributed by atoms with Crippen LogP contribution >= 0.6 is 11.6 Å². The Morgan fingerprint density at radius 1 is 1.15 bits per heavy atom. The fourth-order valence-corrected chi connectivity index (χ4v) is 3.75. The van der Waals surface area contributed by atoms with Crippen molar-refractivity contribution in [1.29, 1.82) is 0 Å². The van der Waals surface area contributed by atoms with E-state index in [2.05, 4.69) is 11.6 Å². The lowest BCUT2D eigenvalue weighted by molar-refractivity contribution is -0.142. The summed E-state index contributed by atoms with van der Waals surface area (Å²) in [6.45, 7) is 9.99. The van der Waals surface area contributed by atoms with Gasteiger partial charge in [-0.15, -0.1) is 6.58 Å². The van der Waals surface area contributed by atoms with Gasteiger partial charge < -0.3 is 13.9 Å². The number of rotatable bonds is 11. The molecule has 34 heavy (non-hydrogen) atoms. The molecule has 0 spiro atoms. The van der Waals surface area contributed by atoms with Crippen LogP contribution in [-0.4, -0.2) is 30.0 Å². The normalized spacial score (nSPS) is 11.3. The van der Waals surface area contributed by atoms with Crippen molar-refractivity contribution in [3.63, 3.8) is 0 Å². The first-order valence-corrected chi connectivity index (χ1v) is 11.4. The summed E-state index contributed by atoms with van der Waals surface area (Å²) in [4.78, 5) is 30.3. The van der Waals surface area contributed by atoms with Crippen LogP contribution in [0.4, 0.5) is 0 Å². The Bertz CT molecular complexity index is 1160. The molecule has 0 unspecified atom stereocenters. The van der Waals surface area contributed by atoms with E-state index in [1.54, 1.807) is 57.2 Å². The molecule has 0 atom stereocenters. The Labute approximate surface area is 204 Å². The molecule has 0 N–H and O–H groups in total. The molecule has 3 rings (SSSR count). The summed E-state index contributed by atoms with van der Waals surface area (Å²) in [5.74, 6) is -0.0673. The first kappa shape index (κ1) is 25.4. The Kier molecular flexibility index (Phi) is 8.42. The van der Waals surface area contributed by atoms with Crippen LogP contribution in [0.1, 0.15) is 48.1 Å². The van der Waals surface area contributed by atoms with Gasteiger partial charge in [-0.3, -0.25) is 9.59 Å². The average molecular weight is 482 g/mol. The second kappa shape index (κ2) is 11.3. The number of oxazole rings is 1. The molecule has 6 nitrogen and oxygen atoms in total. The van der Waals surface area contributed by atoms with Crippen molar-refractivity contribution >= 4 is 23.4 Å². The first-order valence-electron chi connectivity index (χ1n) is 11.0. The zero-order valence-corrected chi connectivity index (χ0v) is 20.4. The fourth-order valence-electron chi connectivity index (χ4n) is 3.53.